The Labute approximate surface area is 142 Å². The normalized spacial score (nSPS) is 31.3. The molecule has 3 aliphatic carbocycles. The largest absolute Gasteiger partial charge is 0.481 e. The molecule has 0 heterocycles. The molecule has 3 rings (SSSR count). The zero-order chi connectivity index (χ0) is 17.1. The Kier molecular flexibility index (Phi) is 5.58. The average molecular weight is 337 g/mol. The number of hydroxylamine groups is 1. The van der Waals surface area contributed by atoms with Crippen molar-refractivity contribution in [2.45, 2.75) is 57.2 Å². The first-order valence-corrected chi connectivity index (χ1v) is 8.92. The Morgan fingerprint density at radius 1 is 1.33 bits per heavy atom. The van der Waals surface area contributed by atoms with Crippen LogP contribution in [0.25, 0.3) is 0 Å². The van der Waals surface area contributed by atoms with Gasteiger partial charge in [0.2, 0.25) is 0 Å². The highest BCUT2D eigenvalue weighted by Crippen LogP contribution is 2.48. The molecule has 0 bridgehead atoms. The second kappa shape index (κ2) is 7.68. The van der Waals surface area contributed by atoms with Crippen molar-refractivity contribution in [1.29, 1.82) is 0 Å². The van der Waals surface area contributed by atoms with Gasteiger partial charge in [0.25, 0.3) is 0 Å². The van der Waals surface area contributed by atoms with Gasteiger partial charge in [0.05, 0.1) is 25.2 Å². The molecule has 6 heteroatoms. The third kappa shape index (κ3) is 3.82. The Morgan fingerprint density at radius 2 is 2.08 bits per heavy atom. The first kappa shape index (κ1) is 17.5. The van der Waals surface area contributed by atoms with Crippen LogP contribution in [0.4, 0.5) is 0 Å². The van der Waals surface area contributed by atoms with Crippen molar-refractivity contribution in [2.24, 2.45) is 17.8 Å². The fraction of sp³-hybridized carbons (Fsp3) is 0.722. The predicted molar refractivity (Wildman–Crippen MR) is 87.7 cm³/mol. The number of hydrogen-bond donors (Lipinski definition) is 4. The topological polar surface area (TPSA) is 99.0 Å². The quantitative estimate of drug-likeness (QED) is 0.306. The lowest BCUT2D eigenvalue weighted by molar-refractivity contribution is -0.138. The first-order valence-electron chi connectivity index (χ1n) is 8.92. The van der Waals surface area contributed by atoms with E-state index in [9.17, 15) is 15.0 Å². The summed E-state index contributed by atoms with van der Waals surface area (Å²) in [6.07, 6.45) is 9.09. The van der Waals surface area contributed by atoms with Crippen molar-refractivity contribution in [3.8, 4) is 0 Å². The van der Waals surface area contributed by atoms with E-state index in [1.54, 1.807) is 0 Å². The van der Waals surface area contributed by atoms with E-state index in [4.69, 9.17) is 9.94 Å². The molecule has 0 aromatic carbocycles. The molecule has 2 fully saturated rings. The molecule has 134 valence electrons. The molecule has 3 unspecified atom stereocenters. The lowest BCUT2D eigenvalue weighted by atomic mass is 9.83. The van der Waals surface area contributed by atoms with Gasteiger partial charge in [-0.1, -0.05) is 25.0 Å². The number of nitrogens with one attached hydrogen (secondary N) is 1. The van der Waals surface area contributed by atoms with E-state index in [0.29, 0.717) is 5.92 Å². The highest BCUT2D eigenvalue weighted by Gasteiger charge is 2.45. The van der Waals surface area contributed by atoms with Crippen LogP contribution in [-0.2, 0) is 9.63 Å². The minimum absolute atomic E-state index is 0.0356. The molecule has 0 saturated heterocycles. The fourth-order valence-corrected chi connectivity index (χ4v) is 4.12. The highest BCUT2D eigenvalue weighted by atomic mass is 16.6. The first-order chi connectivity index (χ1) is 11.6. The van der Waals surface area contributed by atoms with Crippen LogP contribution in [0.3, 0.4) is 0 Å². The highest BCUT2D eigenvalue weighted by molar-refractivity contribution is 5.66. The zero-order valence-corrected chi connectivity index (χ0v) is 13.9. The van der Waals surface area contributed by atoms with Gasteiger partial charge in [-0.05, 0) is 37.2 Å². The van der Waals surface area contributed by atoms with Crippen LogP contribution in [-0.4, -0.2) is 40.1 Å². The van der Waals surface area contributed by atoms with Crippen LogP contribution in [0, 0.1) is 17.8 Å². The SMILES string of the molecule is O=C(O)CCONC1=C2CC(C=CC(O)C3CCCC3)C(O)[C@@H]2C1. The maximum absolute atomic E-state index is 10.4. The predicted octanol–water partition coefficient (Wildman–Crippen LogP) is 1.74. The van der Waals surface area contributed by atoms with E-state index in [-0.39, 0.29) is 24.9 Å². The standard InChI is InChI=1S/C18H27NO5/c20-16(11-3-1-2-4-11)6-5-12-9-13-14(18(12)23)10-15(13)19-24-8-7-17(21)22/h5-6,11-12,14,16,18-20,23H,1-4,7-10H2,(H,21,22)/t12?,14-,16?,18?/m1/s1. The van der Waals surface area contributed by atoms with Gasteiger partial charge in [0, 0.05) is 17.5 Å². The van der Waals surface area contributed by atoms with Crippen LogP contribution >= 0.6 is 0 Å². The van der Waals surface area contributed by atoms with Crippen molar-refractivity contribution in [1.82, 2.24) is 5.48 Å². The molecular weight excluding hydrogens is 310 g/mol. The van der Waals surface area contributed by atoms with Crippen molar-refractivity contribution in [3.05, 3.63) is 23.4 Å². The summed E-state index contributed by atoms with van der Waals surface area (Å²) < 4.78 is 0. The smallest absolute Gasteiger partial charge is 0.305 e. The van der Waals surface area contributed by atoms with E-state index in [2.05, 4.69) is 5.48 Å². The lowest BCUT2D eigenvalue weighted by Crippen LogP contribution is -2.32. The second-order valence-corrected chi connectivity index (χ2v) is 7.19. The Bertz CT molecular complexity index is 524. The molecule has 0 amide bonds. The summed E-state index contributed by atoms with van der Waals surface area (Å²) in [5, 5.41) is 29.2. The Morgan fingerprint density at radius 3 is 2.79 bits per heavy atom. The number of aliphatic hydroxyl groups is 2. The number of hydrogen-bond acceptors (Lipinski definition) is 5. The number of fused-ring (bicyclic) bond motifs is 1. The third-order valence-electron chi connectivity index (χ3n) is 5.62. The number of carboxylic acid groups (broad SMARTS) is 1. The molecule has 24 heavy (non-hydrogen) atoms. The van der Waals surface area contributed by atoms with E-state index < -0.39 is 18.2 Å². The molecule has 6 nitrogen and oxygen atoms in total. The summed E-state index contributed by atoms with van der Waals surface area (Å²) in [5.74, 6) is -0.313. The molecule has 2 saturated carbocycles. The van der Waals surface area contributed by atoms with Crippen molar-refractivity contribution >= 4 is 5.97 Å². The summed E-state index contributed by atoms with van der Waals surface area (Å²) >= 11 is 0. The number of rotatable bonds is 8. The summed E-state index contributed by atoms with van der Waals surface area (Å²) in [6, 6.07) is 0. The van der Waals surface area contributed by atoms with Gasteiger partial charge in [0.15, 0.2) is 0 Å². The lowest BCUT2D eigenvalue weighted by Gasteiger charge is -2.30. The van der Waals surface area contributed by atoms with E-state index in [0.717, 1.165) is 31.4 Å². The van der Waals surface area contributed by atoms with Crippen molar-refractivity contribution in [2.75, 3.05) is 6.61 Å². The summed E-state index contributed by atoms with van der Waals surface area (Å²) in [5.41, 5.74) is 4.97. The van der Waals surface area contributed by atoms with Crippen LogP contribution < -0.4 is 5.48 Å². The van der Waals surface area contributed by atoms with E-state index in [1.807, 2.05) is 12.2 Å². The number of carbonyl (C=O) groups is 1. The van der Waals surface area contributed by atoms with Crippen LogP contribution in [0.5, 0.6) is 0 Å². The van der Waals surface area contributed by atoms with Crippen LogP contribution in [0.15, 0.2) is 23.4 Å². The number of allylic oxidation sites excluding steroid dienone is 1. The van der Waals surface area contributed by atoms with Gasteiger partial charge in [-0.2, -0.15) is 0 Å². The number of aliphatic hydroxyl groups excluding tert-OH is 2. The van der Waals surface area contributed by atoms with Gasteiger partial charge in [-0.15, -0.1) is 0 Å². The van der Waals surface area contributed by atoms with Gasteiger partial charge >= 0.3 is 5.97 Å². The molecular formula is C18H27NO5. The van der Waals surface area contributed by atoms with Gasteiger partial charge < -0.3 is 15.3 Å². The van der Waals surface area contributed by atoms with E-state index in [1.165, 1.54) is 18.4 Å². The van der Waals surface area contributed by atoms with Gasteiger partial charge in [0.1, 0.15) is 0 Å². The van der Waals surface area contributed by atoms with Crippen molar-refractivity contribution < 1.29 is 25.0 Å². The fourth-order valence-electron chi connectivity index (χ4n) is 4.12. The molecule has 4 atom stereocenters. The minimum atomic E-state index is -0.886. The van der Waals surface area contributed by atoms with Crippen LogP contribution in [0.1, 0.15) is 44.9 Å². The zero-order valence-electron chi connectivity index (χ0n) is 13.9. The van der Waals surface area contributed by atoms with Crippen molar-refractivity contribution in [3.63, 3.8) is 0 Å². The molecule has 0 aromatic heterocycles. The monoisotopic (exact) mass is 337 g/mol. The Balaban J connectivity index is 1.49. The Hall–Kier alpha value is -1.37. The molecule has 0 aromatic rings. The summed E-state index contributed by atoms with van der Waals surface area (Å²) in [4.78, 5) is 15.6. The molecule has 3 aliphatic rings. The van der Waals surface area contributed by atoms with Gasteiger partial charge in [-0.25, -0.2) is 0 Å². The molecule has 0 spiro atoms. The molecule has 4 N–H and O–H groups in total. The minimum Gasteiger partial charge on any atom is -0.481 e. The third-order valence-corrected chi connectivity index (χ3v) is 5.62. The molecule has 0 aliphatic heterocycles. The maximum Gasteiger partial charge on any atom is 0.305 e. The average Bonchev–Trinajstić information content (AvgIpc) is 3.13. The number of carboxylic acids is 1. The summed E-state index contributed by atoms with van der Waals surface area (Å²) in [6.45, 7) is 0.121. The van der Waals surface area contributed by atoms with Crippen LogP contribution in [0.2, 0.25) is 0 Å². The maximum atomic E-state index is 10.4. The second-order valence-electron chi connectivity index (χ2n) is 7.19. The molecule has 0 radical (unpaired) electrons. The van der Waals surface area contributed by atoms with E-state index >= 15 is 0 Å². The summed E-state index contributed by atoms with van der Waals surface area (Å²) in [7, 11) is 0. The number of aliphatic carboxylic acids is 1. The van der Waals surface area contributed by atoms with Gasteiger partial charge in [-0.3, -0.25) is 15.1 Å².